The van der Waals surface area contributed by atoms with E-state index in [0.29, 0.717) is 17.3 Å². The Bertz CT molecular complexity index is 547. The predicted octanol–water partition coefficient (Wildman–Crippen LogP) is 1.28. The Morgan fingerprint density at radius 1 is 1.38 bits per heavy atom. The van der Waals surface area contributed by atoms with Crippen LogP contribution in [0.4, 0.5) is 10.5 Å². The van der Waals surface area contributed by atoms with Crippen LogP contribution in [0.3, 0.4) is 0 Å². The molecular formula is C13H18N2O5S. The van der Waals surface area contributed by atoms with Crippen molar-refractivity contribution in [3.63, 3.8) is 0 Å². The molecule has 0 radical (unpaired) electrons. The lowest BCUT2D eigenvalue weighted by atomic mass is 10.1. The Morgan fingerprint density at radius 2 is 2.10 bits per heavy atom. The van der Waals surface area contributed by atoms with Gasteiger partial charge in [-0.05, 0) is 18.2 Å². The Morgan fingerprint density at radius 3 is 2.67 bits per heavy atom. The number of carbonyl (C=O) groups is 2. The third kappa shape index (κ3) is 5.42. The highest BCUT2D eigenvalue weighted by atomic mass is 32.2. The van der Waals surface area contributed by atoms with Gasteiger partial charge in [0.15, 0.2) is 0 Å². The molecule has 0 saturated carbocycles. The van der Waals surface area contributed by atoms with Crippen molar-refractivity contribution in [2.45, 2.75) is 6.92 Å². The third-order valence-corrected chi connectivity index (χ3v) is 3.95. The first-order chi connectivity index (χ1) is 9.97. The number of carboxylic acid groups (broad SMARTS) is 1. The highest BCUT2D eigenvalue weighted by Crippen LogP contribution is 2.22. The number of hydrogen-bond donors (Lipinski definition) is 3. The van der Waals surface area contributed by atoms with Crippen LogP contribution in [0.15, 0.2) is 18.2 Å². The number of urea groups is 1. The van der Waals surface area contributed by atoms with Gasteiger partial charge in [0, 0.05) is 28.9 Å². The first-order valence-corrected chi connectivity index (χ1v) is 7.77. The summed E-state index contributed by atoms with van der Waals surface area (Å²) in [6, 6.07) is 3.78. The summed E-state index contributed by atoms with van der Waals surface area (Å²) >= 11 is 0. The lowest BCUT2D eigenvalue weighted by molar-refractivity contribution is 0.0697. The number of aromatic carboxylic acids is 1. The van der Waals surface area contributed by atoms with Gasteiger partial charge in [0.05, 0.1) is 18.4 Å². The van der Waals surface area contributed by atoms with E-state index in [9.17, 15) is 13.8 Å². The maximum absolute atomic E-state index is 11.7. The molecule has 0 spiro atoms. The van der Waals surface area contributed by atoms with E-state index in [1.165, 1.54) is 19.2 Å². The van der Waals surface area contributed by atoms with Gasteiger partial charge in [-0.3, -0.25) is 4.21 Å². The highest BCUT2D eigenvalue weighted by Gasteiger charge is 2.13. The van der Waals surface area contributed by atoms with Crippen molar-refractivity contribution in [2.24, 2.45) is 0 Å². The highest BCUT2D eigenvalue weighted by molar-refractivity contribution is 7.84. The smallest absolute Gasteiger partial charge is 0.337 e. The normalized spacial score (nSPS) is 11.5. The molecule has 1 unspecified atom stereocenters. The molecule has 21 heavy (non-hydrogen) atoms. The second-order valence-electron chi connectivity index (χ2n) is 4.03. The summed E-state index contributed by atoms with van der Waals surface area (Å²) in [5, 5.41) is 14.1. The summed E-state index contributed by atoms with van der Waals surface area (Å²) in [7, 11) is 0.466. The van der Waals surface area contributed by atoms with Crippen molar-refractivity contribution >= 4 is 28.5 Å². The summed E-state index contributed by atoms with van der Waals surface area (Å²) in [6.07, 6.45) is 0. The molecule has 8 heteroatoms. The molecule has 0 heterocycles. The standard InChI is InChI=1S/C13H18N2O5S/c1-3-21(19)7-6-14-13(18)15-11-5-4-9(20-2)8-10(11)12(16)17/h4-5,8H,3,6-7H2,1-2H3,(H,16,17)(H2,14,15,18). The number of methoxy groups -OCH3 is 1. The minimum absolute atomic E-state index is 0.0679. The van der Waals surface area contributed by atoms with Crippen LogP contribution in [0.2, 0.25) is 0 Å². The summed E-state index contributed by atoms with van der Waals surface area (Å²) in [5.74, 6) is 0.108. The van der Waals surface area contributed by atoms with E-state index in [0.717, 1.165) is 0 Å². The summed E-state index contributed by atoms with van der Waals surface area (Å²) < 4.78 is 16.2. The molecule has 0 aliphatic heterocycles. The second-order valence-corrected chi connectivity index (χ2v) is 5.90. The molecule has 0 aliphatic rings. The minimum atomic E-state index is -1.17. The van der Waals surface area contributed by atoms with Gasteiger partial charge in [-0.1, -0.05) is 6.92 Å². The van der Waals surface area contributed by atoms with Crippen LogP contribution >= 0.6 is 0 Å². The molecule has 0 fully saturated rings. The average molecular weight is 314 g/mol. The maximum Gasteiger partial charge on any atom is 0.337 e. The summed E-state index contributed by atoms with van der Waals surface area (Å²) in [5.41, 5.74) is 0.0963. The van der Waals surface area contributed by atoms with Gasteiger partial charge in [0.2, 0.25) is 0 Å². The fraction of sp³-hybridized carbons (Fsp3) is 0.385. The van der Waals surface area contributed by atoms with Gasteiger partial charge in [0.25, 0.3) is 0 Å². The monoisotopic (exact) mass is 314 g/mol. The largest absolute Gasteiger partial charge is 0.497 e. The van der Waals surface area contributed by atoms with Gasteiger partial charge < -0.3 is 20.5 Å². The molecule has 2 amide bonds. The van der Waals surface area contributed by atoms with E-state index >= 15 is 0 Å². The average Bonchev–Trinajstić information content (AvgIpc) is 2.47. The number of amides is 2. The van der Waals surface area contributed by atoms with E-state index < -0.39 is 22.8 Å². The van der Waals surface area contributed by atoms with Crippen molar-refractivity contribution in [2.75, 3.05) is 30.5 Å². The van der Waals surface area contributed by atoms with Crippen LogP contribution in [-0.2, 0) is 10.8 Å². The first-order valence-electron chi connectivity index (χ1n) is 6.29. The van der Waals surface area contributed by atoms with Crippen LogP contribution < -0.4 is 15.4 Å². The SMILES string of the molecule is CCS(=O)CCNC(=O)Nc1ccc(OC)cc1C(=O)O. The van der Waals surface area contributed by atoms with Crippen LogP contribution in [0, 0.1) is 0 Å². The van der Waals surface area contributed by atoms with Gasteiger partial charge in [-0.2, -0.15) is 0 Å². The molecule has 0 saturated heterocycles. The number of carboxylic acids is 1. The van der Waals surface area contributed by atoms with E-state index in [1.54, 1.807) is 13.0 Å². The van der Waals surface area contributed by atoms with E-state index in [2.05, 4.69) is 10.6 Å². The summed E-state index contributed by atoms with van der Waals surface area (Å²) in [4.78, 5) is 22.8. The second kappa shape index (κ2) is 8.25. The third-order valence-electron chi connectivity index (χ3n) is 2.64. The van der Waals surface area contributed by atoms with E-state index in [-0.39, 0.29) is 17.8 Å². The Kier molecular flexibility index (Phi) is 6.67. The van der Waals surface area contributed by atoms with Crippen molar-refractivity contribution in [1.82, 2.24) is 5.32 Å². The number of benzene rings is 1. The molecule has 7 nitrogen and oxygen atoms in total. The van der Waals surface area contributed by atoms with Gasteiger partial charge in [-0.15, -0.1) is 0 Å². The molecular weight excluding hydrogens is 296 g/mol. The molecule has 1 aromatic rings. The lowest BCUT2D eigenvalue weighted by Gasteiger charge is -2.11. The van der Waals surface area contributed by atoms with Crippen LogP contribution in [0.5, 0.6) is 5.75 Å². The van der Waals surface area contributed by atoms with Crippen molar-refractivity contribution in [3.05, 3.63) is 23.8 Å². The quantitative estimate of drug-likeness (QED) is 0.703. The van der Waals surface area contributed by atoms with Crippen molar-refractivity contribution in [1.29, 1.82) is 0 Å². The maximum atomic E-state index is 11.7. The number of anilines is 1. The number of rotatable bonds is 7. The van der Waals surface area contributed by atoms with E-state index in [4.69, 9.17) is 9.84 Å². The summed E-state index contributed by atoms with van der Waals surface area (Å²) in [6.45, 7) is 2.05. The number of ether oxygens (including phenoxy) is 1. The lowest BCUT2D eigenvalue weighted by Crippen LogP contribution is -2.32. The zero-order valence-corrected chi connectivity index (χ0v) is 12.7. The number of hydrogen-bond acceptors (Lipinski definition) is 4. The van der Waals surface area contributed by atoms with E-state index in [1.807, 2.05) is 0 Å². The Labute approximate surface area is 125 Å². The fourth-order valence-corrected chi connectivity index (χ4v) is 2.14. The van der Waals surface area contributed by atoms with Crippen LogP contribution in [-0.4, -0.2) is 46.5 Å². The van der Waals surface area contributed by atoms with Gasteiger partial charge in [0.1, 0.15) is 5.75 Å². The van der Waals surface area contributed by atoms with Gasteiger partial charge >= 0.3 is 12.0 Å². The Balaban J connectivity index is 2.67. The molecule has 1 rings (SSSR count). The molecule has 0 aromatic heterocycles. The topological polar surface area (TPSA) is 105 Å². The first kappa shape index (κ1) is 17.0. The molecule has 1 aromatic carbocycles. The predicted molar refractivity (Wildman–Crippen MR) is 80.5 cm³/mol. The minimum Gasteiger partial charge on any atom is -0.497 e. The van der Waals surface area contributed by atoms with Crippen LogP contribution in [0.25, 0.3) is 0 Å². The van der Waals surface area contributed by atoms with Gasteiger partial charge in [-0.25, -0.2) is 9.59 Å². The fourth-order valence-electron chi connectivity index (χ4n) is 1.53. The van der Waals surface area contributed by atoms with Crippen molar-refractivity contribution < 1.29 is 23.6 Å². The molecule has 3 N–H and O–H groups in total. The molecule has 0 bridgehead atoms. The number of nitrogens with one attached hydrogen (secondary N) is 2. The van der Waals surface area contributed by atoms with Crippen molar-refractivity contribution in [3.8, 4) is 5.75 Å². The van der Waals surface area contributed by atoms with Crippen LogP contribution in [0.1, 0.15) is 17.3 Å². The zero-order valence-electron chi connectivity index (χ0n) is 11.8. The molecule has 1 atom stereocenters. The molecule has 116 valence electrons. The zero-order chi connectivity index (χ0) is 15.8. The molecule has 0 aliphatic carbocycles. The Hall–Kier alpha value is -2.09. The number of carbonyl (C=O) groups excluding carboxylic acids is 1.